The zero-order valence-corrected chi connectivity index (χ0v) is 11.4. The second kappa shape index (κ2) is 5.32. The fourth-order valence-electron chi connectivity index (χ4n) is 1.79. The van der Waals surface area contributed by atoms with Gasteiger partial charge in [0.2, 0.25) is 0 Å². The topological polar surface area (TPSA) is 59.3 Å². The van der Waals surface area contributed by atoms with Crippen molar-refractivity contribution in [2.75, 3.05) is 6.26 Å². The Bertz CT molecular complexity index is 691. The van der Waals surface area contributed by atoms with Crippen molar-refractivity contribution in [2.45, 2.75) is 11.8 Å². The van der Waals surface area contributed by atoms with E-state index in [1.54, 1.807) is 0 Å². The molecule has 2 aromatic rings. The average molecular weight is 275 g/mol. The quantitative estimate of drug-likeness (QED) is 0.875. The van der Waals surface area contributed by atoms with Gasteiger partial charge in [0, 0.05) is 17.2 Å². The Balaban J connectivity index is 2.67. The first kappa shape index (κ1) is 13.4. The summed E-state index contributed by atoms with van der Waals surface area (Å²) >= 11 is 1.52. The van der Waals surface area contributed by atoms with Gasteiger partial charge >= 0.3 is 5.97 Å². The zero-order chi connectivity index (χ0) is 14.0. The minimum absolute atomic E-state index is 0.0900. The number of benzene rings is 1. The van der Waals surface area contributed by atoms with E-state index in [1.165, 1.54) is 34.7 Å². The normalized spacial score (nSPS) is 10.4. The molecule has 1 heterocycles. The second-order valence-corrected chi connectivity index (χ2v) is 4.95. The molecule has 0 unspecified atom stereocenters. The fourth-order valence-corrected chi connectivity index (χ4v) is 2.47. The zero-order valence-electron chi connectivity index (χ0n) is 10.6. The van der Waals surface area contributed by atoms with Crippen LogP contribution < -0.4 is 5.56 Å². The summed E-state index contributed by atoms with van der Waals surface area (Å²) in [6, 6.07) is 8.28. The Morgan fingerprint density at radius 1 is 1.26 bits per heavy atom. The van der Waals surface area contributed by atoms with Gasteiger partial charge in [-0.1, -0.05) is 6.07 Å². The number of carbonyl (C=O) groups is 1. The minimum Gasteiger partial charge on any atom is -0.478 e. The molecule has 1 aromatic carbocycles. The maximum Gasteiger partial charge on any atom is 0.337 e. The van der Waals surface area contributed by atoms with E-state index in [1.807, 2.05) is 31.4 Å². The molecular weight excluding hydrogens is 262 g/mol. The Morgan fingerprint density at radius 2 is 2.00 bits per heavy atom. The van der Waals surface area contributed by atoms with Crippen LogP contribution in [-0.4, -0.2) is 21.9 Å². The van der Waals surface area contributed by atoms with E-state index in [-0.39, 0.29) is 11.1 Å². The van der Waals surface area contributed by atoms with Crippen molar-refractivity contribution in [1.29, 1.82) is 0 Å². The molecule has 0 aliphatic rings. The highest BCUT2D eigenvalue weighted by Crippen LogP contribution is 2.24. The molecule has 0 spiro atoms. The summed E-state index contributed by atoms with van der Waals surface area (Å²) < 4.78 is 1.37. The number of hydrogen-bond donors (Lipinski definition) is 1. The van der Waals surface area contributed by atoms with Gasteiger partial charge < -0.3 is 5.11 Å². The van der Waals surface area contributed by atoms with Crippen molar-refractivity contribution in [3.63, 3.8) is 0 Å². The summed E-state index contributed by atoms with van der Waals surface area (Å²) in [5, 5.41) is 9.00. The molecule has 19 heavy (non-hydrogen) atoms. The number of aryl methyl sites for hydroxylation is 1. The largest absolute Gasteiger partial charge is 0.478 e. The standard InChI is InChI=1S/C14H13NO3S/c1-9-3-5-11(12(7-9)19-2)15-8-10(14(17)18)4-6-13(15)16/h3-8H,1-2H3,(H,17,18). The highest BCUT2D eigenvalue weighted by molar-refractivity contribution is 7.98. The van der Waals surface area contributed by atoms with Crippen molar-refractivity contribution in [2.24, 2.45) is 0 Å². The number of hydrogen-bond acceptors (Lipinski definition) is 3. The van der Waals surface area contributed by atoms with Gasteiger partial charge in [0.15, 0.2) is 0 Å². The Labute approximate surface area is 114 Å². The summed E-state index contributed by atoms with van der Waals surface area (Å²) in [5.74, 6) is -1.05. The molecule has 1 N–H and O–H groups in total. The van der Waals surface area contributed by atoms with Gasteiger partial charge in [0.05, 0.1) is 11.3 Å². The molecule has 2 rings (SSSR count). The van der Waals surface area contributed by atoms with Crippen molar-refractivity contribution >= 4 is 17.7 Å². The van der Waals surface area contributed by atoms with Gasteiger partial charge in [0.1, 0.15) is 0 Å². The predicted octanol–water partition coefficient (Wildman–Crippen LogP) is 2.57. The number of aromatic carboxylic acids is 1. The highest BCUT2D eigenvalue weighted by atomic mass is 32.2. The molecule has 0 fully saturated rings. The first-order valence-corrected chi connectivity index (χ1v) is 6.86. The second-order valence-electron chi connectivity index (χ2n) is 4.11. The van der Waals surface area contributed by atoms with Crippen LogP contribution in [-0.2, 0) is 0 Å². The third-order valence-electron chi connectivity index (χ3n) is 2.75. The minimum atomic E-state index is -1.05. The summed E-state index contributed by atoms with van der Waals surface area (Å²) in [6.45, 7) is 1.97. The molecule has 4 nitrogen and oxygen atoms in total. The number of carboxylic acids is 1. The van der Waals surface area contributed by atoms with E-state index in [0.29, 0.717) is 5.69 Å². The number of nitrogens with zero attached hydrogens (tertiary/aromatic N) is 1. The average Bonchev–Trinajstić information content (AvgIpc) is 2.39. The maximum absolute atomic E-state index is 11.9. The van der Waals surface area contributed by atoms with Crippen LogP contribution in [0.4, 0.5) is 0 Å². The van der Waals surface area contributed by atoms with E-state index in [9.17, 15) is 9.59 Å². The maximum atomic E-state index is 11.9. The van der Waals surface area contributed by atoms with Crippen LogP contribution in [0.2, 0.25) is 0 Å². The number of aromatic nitrogens is 1. The van der Waals surface area contributed by atoms with Crippen LogP contribution in [0.5, 0.6) is 0 Å². The van der Waals surface area contributed by atoms with E-state index < -0.39 is 5.97 Å². The Hall–Kier alpha value is -2.01. The molecule has 0 atom stereocenters. The lowest BCUT2D eigenvalue weighted by molar-refractivity contribution is 0.0696. The van der Waals surface area contributed by atoms with Crippen LogP contribution in [0.3, 0.4) is 0 Å². The molecular formula is C14H13NO3S. The smallest absolute Gasteiger partial charge is 0.337 e. The van der Waals surface area contributed by atoms with Crippen molar-refractivity contribution in [3.8, 4) is 5.69 Å². The van der Waals surface area contributed by atoms with E-state index in [0.717, 1.165) is 10.5 Å². The molecule has 98 valence electrons. The third kappa shape index (κ3) is 2.71. The van der Waals surface area contributed by atoms with E-state index in [2.05, 4.69) is 0 Å². The molecule has 0 amide bonds. The van der Waals surface area contributed by atoms with Gasteiger partial charge in [-0.15, -0.1) is 11.8 Å². The molecule has 0 aliphatic heterocycles. The lowest BCUT2D eigenvalue weighted by atomic mass is 10.2. The molecule has 1 aromatic heterocycles. The lowest BCUT2D eigenvalue weighted by Crippen LogP contribution is -2.19. The monoisotopic (exact) mass is 275 g/mol. The highest BCUT2D eigenvalue weighted by Gasteiger charge is 2.09. The van der Waals surface area contributed by atoms with Crippen molar-refractivity contribution in [3.05, 3.63) is 58.0 Å². The molecule has 0 radical (unpaired) electrons. The fraction of sp³-hybridized carbons (Fsp3) is 0.143. The number of pyridine rings is 1. The number of rotatable bonds is 3. The Kier molecular flexibility index (Phi) is 3.76. The van der Waals surface area contributed by atoms with Gasteiger partial charge in [0.25, 0.3) is 5.56 Å². The summed E-state index contributed by atoms with van der Waals surface area (Å²) in [4.78, 5) is 23.8. The van der Waals surface area contributed by atoms with Crippen LogP contribution >= 0.6 is 11.8 Å². The van der Waals surface area contributed by atoms with Gasteiger partial charge in [-0.05, 0) is 36.9 Å². The van der Waals surface area contributed by atoms with Crippen molar-refractivity contribution < 1.29 is 9.90 Å². The van der Waals surface area contributed by atoms with Crippen LogP contribution in [0.1, 0.15) is 15.9 Å². The first-order chi connectivity index (χ1) is 9.02. The van der Waals surface area contributed by atoms with Gasteiger partial charge in [-0.2, -0.15) is 0 Å². The van der Waals surface area contributed by atoms with Crippen molar-refractivity contribution in [1.82, 2.24) is 4.57 Å². The first-order valence-electron chi connectivity index (χ1n) is 5.64. The lowest BCUT2D eigenvalue weighted by Gasteiger charge is -2.11. The SMILES string of the molecule is CSc1cc(C)ccc1-n1cc(C(=O)O)ccc1=O. The molecule has 5 heteroatoms. The van der Waals surface area contributed by atoms with Crippen LogP contribution in [0.25, 0.3) is 5.69 Å². The van der Waals surface area contributed by atoms with E-state index >= 15 is 0 Å². The number of carboxylic acid groups (broad SMARTS) is 1. The van der Waals surface area contributed by atoms with Gasteiger partial charge in [-0.25, -0.2) is 4.79 Å². The predicted molar refractivity (Wildman–Crippen MR) is 75.5 cm³/mol. The van der Waals surface area contributed by atoms with Gasteiger partial charge in [-0.3, -0.25) is 9.36 Å². The van der Waals surface area contributed by atoms with E-state index in [4.69, 9.17) is 5.11 Å². The van der Waals surface area contributed by atoms with Crippen LogP contribution in [0.15, 0.2) is 46.2 Å². The molecule has 0 saturated heterocycles. The molecule has 0 saturated carbocycles. The summed E-state index contributed by atoms with van der Waals surface area (Å²) in [7, 11) is 0. The third-order valence-corrected chi connectivity index (χ3v) is 3.52. The molecule has 0 aliphatic carbocycles. The molecule has 0 bridgehead atoms. The summed E-state index contributed by atoms with van der Waals surface area (Å²) in [5.41, 5.74) is 1.64. The van der Waals surface area contributed by atoms with Crippen LogP contribution in [0, 0.1) is 6.92 Å². The number of thioether (sulfide) groups is 1. The Morgan fingerprint density at radius 3 is 2.63 bits per heavy atom. The summed E-state index contributed by atoms with van der Waals surface area (Å²) in [6.07, 6.45) is 3.28.